The van der Waals surface area contributed by atoms with Crippen LogP contribution in [-0.2, 0) is 4.79 Å². The lowest BCUT2D eigenvalue weighted by Gasteiger charge is -2.10. The summed E-state index contributed by atoms with van der Waals surface area (Å²) in [4.78, 5) is 11.7. The Morgan fingerprint density at radius 1 is 1.06 bits per heavy atom. The highest BCUT2D eigenvalue weighted by Gasteiger charge is 2.07. The van der Waals surface area contributed by atoms with Crippen LogP contribution in [0.4, 0.5) is 0 Å². The van der Waals surface area contributed by atoms with E-state index in [-0.39, 0.29) is 0 Å². The maximum Gasteiger partial charge on any atom is 0.132 e. The Kier molecular flexibility index (Phi) is 10.2. The van der Waals surface area contributed by atoms with Crippen LogP contribution >= 0.6 is 0 Å². The Morgan fingerprint density at radius 2 is 1.71 bits per heavy atom. The number of ketones is 1. The summed E-state index contributed by atoms with van der Waals surface area (Å²) >= 11 is 0. The topological polar surface area (TPSA) is 17.1 Å². The van der Waals surface area contributed by atoms with Gasteiger partial charge in [0.05, 0.1) is 0 Å². The molecule has 0 spiro atoms. The van der Waals surface area contributed by atoms with E-state index in [1.807, 2.05) is 0 Å². The van der Waals surface area contributed by atoms with E-state index < -0.39 is 0 Å². The van der Waals surface area contributed by atoms with Crippen LogP contribution in [0, 0.1) is 5.92 Å². The predicted molar refractivity (Wildman–Crippen MR) is 76.2 cm³/mol. The predicted octanol–water partition coefficient (Wildman–Crippen LogP) is 5.30. The number of rotatable bonds is 10. The number of hydrogen-bond acceptors (Lipinski definition) is 1. The molecule has 0 aromatic carbocycles. The summed E-state index contributed by atoms with van der Waals surface area (Å²) in [7, 11) is 0. The van der Waals surface area contributed by atoms with E-state index in [4.69, 9.17) is 0 Å². The molecule has 0 aliphatic carbocycles. The zero-order valence-corrected chi connectivity index (χ0v) is 12.2. The minimum atomic E-state index is 0.467. The highest BCUT2D eigenvalue weighted by Crippen LogP contribution is 2.16. The van der Waals surface area contributed by atoms with Crippen molar-refractivity contribution in [2.24, 2.45) is 5.92 Å². The molecule has 0 bridgehead atoms. The van der Waals surface area contributed by atoms with E-state index >= 15 is 0 Å². The summed E-state index contributed by atoms with van der Waals surface area (Å²) < 4.78 is 0. The van der Waals surface area contributed by atoms with Crippen molar-refractivity contribution >= 4 is 5.78 Å². The minimum absolute atomic E-state index is 0.467. The van der Waals surface area contributed by atoms with Crippen molar-refractivity contribution in [2.75, 3.05) is 0 Å². The molecule has 0 N–H and O–H groups in total. The van der Waals surface area contributed by atoms with Crippen molar-refractivity contribution in [1.29, 1.82) is 0 Å². The van der Waals surface area contributed by atoms with Gasteiger partial charge in [-0.2, -0.15) is 0 Å². The lowest BCUT2D eigenvalue weighted by Crippen LogP contribution is -2.03. The Morgan fingerprint density at radius 3 is 2.24 bits per heavy atom. The number of allylic oxidation sites excluding steroid dienone is 2. The summed E-state index contributed by atoms with van der Waals surface area (Å²) in [6.07, 6.45) is 10.7. The van der Waals surface area contributed by atoms with Gasteiger partial charge in [-0.15, -0.1) is 0 Å². The highest BCUT2D eigenvalue weighted by atomic mass is 16.1. The lowest BCUT2D eigenvalue weighted by atomic mass is 9.95. The van der Waals surface area contributed by atoms with Crippen LogP contribution in [-0.4, -0.2) is 5.78 Å². The molecule has 0 atom stereocenters. The molecule has 0 radical (unpaired) electrons. The molecule has 0 rings (SSSR count). The third kappa shape index (κ3) is 10.3. The third-order valence-corrected chi connectivity index (χ3v) is 3.45. The molecule has 100 valence electrons. The maximum absolute atomic E-state index is 11.7. The molecule has 0 saturated carbocycles. The van der Waals surface area contributed by atoms with Crippen LogP contribution < -0.4 is 0 Å². The summed E-state index contributed by atoms with van der Waals surface area (Å²) in [6, 6.07) is 0. The van der Waals surface area contributed by atoms with Crippen molar-refractivity contribution in [3.05, 3.63) is 11.6 Å². The van der Waals surface area contributed by atoms with Crippen molar-refractivity contribution in [3.63, 3.8) is 0 Å². The van der Waals surface area contributed by atoms with Gasteiger partial charge in [-0.1, -0.05) is 38.3 Å². The van der Waals surface area contributed by atoms with Gasteiger partial charge in [-0.3, -0.25) is 4.79 Å². The van der Waals surface area contributed by atoms with Gasteiger partial charge >= 0.3 is 0 Å². The normalized spacial score (nSPS) is 10.6. The standard InChI is InChI=1S/C16H30O/c1-5-15(6-2)12-13-16(17)11-9-7-8-10-14(3)4/h10,15H,5-9,11-13H2,1-4H3. The van der Waals surface area contributed by atoms with E-state index in [2.05, 4.69) is 33.8 Å². The molecule has 0 fully saturated rings. The van der Waals surface area contributed by atoms with E-state index in [0.29, 0.717) is 5.78 Å². The second-order valence-electron chi connectivity index (χ2n) is 5.29. The average Bonchev–Trinajstić information content (AvgIpc) is 2.29. The summed E-state index contributed by atoms with van der Waals surface area (Å²) in [5.74, 6) is 1.22. The smallest absolute Gasteiger partial charge is 0.132 e. The zero-order valence-electron chi connectivity index (χ0n) is 12.2. The summed E-state index contributed by atoms with van der Waals surface area (Å²) in [5, 5.41) is 0. The molecule has 1 nitrogen and oxygen atoms in total. The van der Waals surface area contributed by atoms with Crippen molar-refractivity contribution < 1.29 is 4.79 Å². The van der Waals surface area contributed by atoms with E-state index in [1.54, 1.807) is 0 Å². The van der Waals surface area contributed by atoms with Gasteiger partial charge < -0.3 is 0 Å². The maximum atomic E-state index is 11.7. The molecule has 0 aromatic rings. The van der Waals surface area contributed by atoms with E-state index in [9.17, 15) is 4.79 Å². The first kappa shape index (κ1) is 16.4. The third-order valence-electron chi connectivity index (χ3n) is 3.45. The van der Waals surface area contributed by atoms with Gasteiger partial charge in [0, 0.05) is 12.8 Å². The summed E-state index contributed by atoms with van der Waals surface area (Å²) in [5.41, 5.74) is 1.38. The molecular formula is C16H30O. The first-order valence-electron chi connectivity index (χ1n) is 7.25. The Labute approximate surface area is 108 Å². The van der Waals surface area contributed by atoms with Gasteiger partial charge in [0.2, 0.25) is 0 Å². The Bertz CT molecular complexity index is 220. The first-order chi connectivity index (χ1) is 8.10. The van der Waals surface area contributed by atoms with Gasteiger partial charge in [0.1, 0.15) is 5.78 Å². The average molecular weight is 238 g/mol. The van der Waals surface area contributed by atoms with E-state index in [1.165, 1.54) is 18.4 Å². The fourth-order valence-corrected chi connectivity index (χ4v) is 2.04. The molecule has 0 aliphatic heterocycles. The molecule has 0 unspecified atom stereocenters. The highest BCUT2D eigenvalue weighted by molar-refractivity contribution is 5.78. The Hall–Kier alpha value is -0.590. The van der Waals surface area contributed by atoms with Crippen LogP contribution in [0.2, 0.25) is 0 Å². The fraction of sp³-hybridized carbons (Fsp3) is 0.812. The molecule has 0 saturated heterocycles. The number of hydrogen-bond donors (Lipinski definition) is 0. The Balaban J connectivity index is 3.50. The number of carbonyl (C=O) groups is 1. The second-order valence-corrected chi connectivity index (χ2v) is 5.29. The number of carbonyl (C=O) groups excluding carboxylic acids is 1. The molecule has 0 aliphatic rings. The summed E-state index contributed by atoms with van der Waals surface area (Å²) in [6.45, 7) is 8.69. The van der Waals surface area contributed by atoms with Gasteiger partial charge in [-0.25, -0.2) is 0 Å². The molecule has 17 heavy (non-hydrogen) atoms. The van der Waals surface area contributed by atoms with Crippen LogP contribution in [0.25, 0.3) is 0 Å². The molecule has 0 aromatic heterocycles. The molecule has 1 heteroatoms. The molecular weight excluding hydrogens is 208 g/mol. The van der Waals surface area contributed by atoms with E-state index in [0.717, 1.165) is 44.4 Å². The second kappa shape index (κ2) is 10.6. The number of unbranched alkanes of at least 4 members (excludes halogenated alkanes) is 2. The zero-order chi connectivity index (χ0) is 13.1. The van der Waals surface area contributed by atoms with Crippen LogP contribution in [0.1, 0.15) is 79.1 Å². The van der Waals surface area contributed by atoms with Crippen molar-refractivity contribution in [3.8, 4) is 0 Å². The van der Waals surface area contributed by atoms with Crippen LogP contribution in [0.15, 0.2) is 11.6 Å². The largest absolute Gasteiger partial charge is 0.300 e. The van der Waals surface area contributed by atoms with Gasteiger partial charge in [-0.05, 0) is 45.4 Å². The molecule has 0 amide bonds. The van der Waals surface area contributed by atoms with Gasteiger partial charge in [0.15, 0.2) is 0 Å². The van der Waals surface area contributed by atoms with Crippen molar-refractivity contribution in [1.82, 2.24) is 0 Å². The first-order valence-corrected chi connectivity index (χ1v) is 7.25. The minimum Gasteiger partial charge on any atom is -0.300 e. The molecule has 0 heterocycles. The van der Waals surface area contributed by atoms with Gasteiger partial charge in [0.25, 0.3) is 0 Å². The van der Waals surface area contributed by atoms with Crippen LogP contribution in [0.3, 0.4) is 0 Å². The fourth-order valence-electron chi connectivity index (χ4n) is 2.04. The lowest BCUT2D eigenvalue weighted by molar-refractivity contribution is -0.119. The van der Waals surface area contributed by atoms with Crippen LogP contribution in [0.5, 0.6) is 0 Å². The SMILES string of the molecule is CCC(CC)CCC(=O)CCCCC=C(C)C. The number of Topliss-reactive ketones (excluding diaryl/α,β-unsaturated/α-hetero) is 1. The monoisotopic (exact) mass is 238 g/mol. The van der Waals surface area contributed by atoms with Crippen molar-refractivity contribution in [2.45, 2.75) is 79.1 Å². The quantitative estimate of drug-likeness (QED) is 0.373.